The third-order valence-corrected chi connectivity index (χ3v) is 4.81. The molecule has 0 spiro atoms. The second kappa shape index (κ2) is 5.32. The van der Waals surface area contributed by atoms with Crippen LogP contribution in [0.1, 0.15) is 50.1 Å². The molecule has 0 radical (unpaired) electrons. The first-order valence-corrected chi connectivity index (χ1v) is 8.73. The van der Waals surface area contributed by atoms with Gasteiger partial charge >= 0.3 is 0 Å². The molecule has 130 valence electrons. The maximum Gasteiger partial charge on any atom is 0.166 e. The van der Waals surface area contributed by atoms with E-state index in [2.05, 4.69) is 38.7 Å². The van der Waals surface area contributed by atoms with Gasteiger partial charge in [-0.05, 0) is 57.9 Å². The van der Waals surface area contributed by atoms with E-state index >= 15 is 0 Å². The molecule has 0 N–H and O–H groups in total. The molecule has 2 aliphatic rings. The number of ether oxygens (including phenoxy) is 2. The number of hydrogen-bond donors (Lipinski definition) is 0. The number of fused-ring (bicyclic) bond motifs is 3. The topological polar surface area (TPSA) is 43.7 Å². The van der Waals surface area contributed by atoms with E-state index in [1.165, 1.54) is 16.7 Å². The molecule has 0 saturated heterocycles. The van der Waals surface area contributed by atoms with Gasteiger partial charge in [-0.3, -0.25) is 9.98 Å². The summed E-state index contributed by atoms with van der Waals surface area (Å²) in [5.41, 5.74) is 5.10. The number of pyridine rings is 1. The lowest BCUT2D eigenvalue weighted by molar-refractivity contribution is 0.134. The van der Waals surface area contributed by atoms with Gasteiger partial charge in [0.2, 0.25) is 0 Å². The summed E-state index contributed by atoms with van der Waals surface area (Å²) in [5, 5.41) is 0. The number of nitrogens with zero attached hydrogens (tertiary/aromatic N) is 2. The van der Waals surface area contributed by atoms with Crippen molar-refractivity contribution in [3.8, 4) is 11.5 Å². The van der Waals surface area contributed by atoms with Crippen molar-refractivity contribution in [1.29, 1.82) is 0 Å². The summed E-state index contributed by atoms with van der Waals surface area (Å²) in [7, 11) is 1.71. The average Bonchev–Trinajstić information content (AvgIpc) is 2.88. The number of aliphatic imine (C=N–C) groups is 1. The van der Waals surface area contributed by atoms with Crippen LogP contribution >= 0.6 is 0 Å². The van der Waals surface area contributed by atoms with Crippen molar-refractivity contribution >= 4 is 5.71 Å². The number of hydrogen-bond acceptors (Lipinski definition) is 4. The Labute approximate surface area is 148 Å². The molecule has 4 heteroatoms. The van der Waals surface area contributed by atoms with Crippen molar-refractivity contribution in [3.05, 3.63) is 52.8 Å². The van der Waals surface area contributed by atoms with Crippen molar-refractivity contribution in [3.63, 3.8) is 0 Å². The standard InChI is InChI=1S/C21H24N2O2/c1-20(2)11-13-10-16(24-5)19-14(12-21(3,4)25-19)17(13)18(23-20)15-8-6-7-9-22-15/h6-10H,11-12H2,1-5H3. The smallest absolute Gasteiger partial charge is 0.166 e. The summed E-state index contributed by atoms with van der Waals surface area (Å²) >= 11 is 0. The van der Waals surface area contributed by atoms with Gasteiger partial charge in [-0.2, -0.15) is 0 Å². The second-order valence-corrected chi connectivity index (χ2v) is 8.12. The molecule has 0 bridgehead atoms. The molecular weight excluding hydrogens is 312 g/mol. The quantitative estimate of drug-likeness (QED) is 0.833. The van der Waals surface area contributed by atoms with Gasteiger partial charge in [0.05, 0.1) is 24.1 Å². The second-order valence-electron chi connectivity index (χ2n) is 8.12. The summed E-state index contributed by atoms with van der Waals surface area (Å²) in [4.78, 5) is 9.63. The zero-order valence-corrected chi connectivity index (χ0v) is 15.5. The van der Waals surface area contributed by atoms with Gasteiger partial charge in [0.15, 0.2) is 11.5 Å². The fourth-order valence-electron chi connectivity index (χ4n) is 3.91. The highest BCUT2D eigenvalue weighted by Crippen LogP contribution is 2.47. The molecule has 0 amide bonds. The van der Waals surface area contributed by atoms with Gasteiger partial charge in [-0.15, -0.1) is 0 Å². The molecule has 0 fully saturated rings. The first-order chi connectivity index (χ1) is 11.8. The van der Waals surface area contributed by atoms with Crippen molar-refractivity contribution in [1.82, 2.24) is 4.98 Å². The van der Waals surface area contributed by atoms with Crippen molar-refractivity contribution in [2.75, 3.05) is 7.11 Å². The average molecular weight is 336 g/mol. The van der Waals surface area contributed by atoms with Crippen LogP contribution in [-0.4, -0.2) is 28.9 Å². The molecule has 4 nitrogen and oxygen atoms in total. The summed E-state index contributed by atoms with van der Waals surface area (Å²) in [6.07, 6.45) is 3.54. The van der Waals surface area contributed by atoms with E-state index in [-0.39, 0.29) is 11.1 Å². The fraction of sp³-hybridized carbons (Fsp3) is 0.429. The maximum absolute atomic E-state index is 6.22. The highest BCUT2D eigenvalue weighted by Gasteiger charge is 2.39. The Hall–Kier alpha value is -2.36. The van der Waals surface area contributed by atoms with Gasteiger partial charge in [0.25, 0.3) is 0 Å². The van der Waals surface area contributed by atoms with Crippen LogP contribution in [0.2, 0.25) is 0 Å². The predicted octanol–water partition coefficient (Wildman–Crippen LogP) is 3.98. The Morgan fingerprint density at radius 1 is 1.12 bits per heavy atom. The third-order valence-electron chi connectivity index (χ3n) is 4.81. The SMILES string of the molecule is COc1cc2c(c3c1OC(C)(C)C3)C(c1ccccn1)=NC(C)(C)C2. The predicted molar refractivity (Wildman–Crippen MR) is 99.1 cm³/mol. The summed E-state index contributed by atoms with van der Waals surface area (Å²) in [5.74, 6) is 1.67. The molecule has 1 aromatic heterocycles. The normalized spacial score (nSPS) is 19.5. The number of methoxy groups -OCH3 is 1. The Bertz CT molecular complexity index is 867. The largest absolute Gasteiger partial charge is 0.493 e. The van der Waals surface area contributed by atoms with E-state index in [1.54, 1.807) is 7.11 Å². The van der Waals surface area contributed by atoms with Crippen LogP contribution in [0.15, 0.2) is 35.5 Å². The van der Waals surface area contributed by atoms with Crippen LogP contribution in [0.3, 0.4) is 0 Å². The van der Waals surface area contributed by atoms with E-state index < -0.39 is 0 Å². The number of rotatable bonds is 2. The maximum atomic E-state index is 6.22. The van der Waals surface area contributed by atoms with Crippen LogP contribution in [0.4, 0.5) is 0 Å². The Morgan fingerprint density at radius 3 is 2.60 bits per heavy atom. The van der Waals surface area contributed by atoms with Crippen LogP contribution in [0.5, 0.6) is 11.5 Å². The monoisotopic (exact) mass is 336 g/mol. The molecule has 2 aromatic rings. The van der Waals surface area contributed by atoms with E-state index in [4.69, 9.17) is 14.5 Å². The molecule has 4 rings (SSSR count). The van der Waals surface area contributed by atoms with Gasteiger partial charge < -0.3 is 9.47 Å². The third kappa shape index (κ3) is 2.70. The lowest BCUT2D eigenvalue weighted by Gasteiger charge is -2.30. The summed E-state index contributed by atoms with van der Waals surface area (Å²) in [6, 6.07) is 8.09. The first-order valence-electron chi connectivity index (χ1n) is 8.73. The Balaban J connectivity index is 2.00. The highest BCUT2D eigenvalue weighted by atomic mass is 16.5. The molecule has 1 aromatic carbocycles. The molecule has 0 atom stereocenters. The minimum absolute atomic E-state index is 0.173. The van der Waals surface area contributed by atoms with Gasteiger partial charge in [0, 0.05) is 23.7 Å². The van der Waals surface area contributed by atoms with E-state index in [9.17, 15) is 0 Å². The van der Waals surface area contributed by atoms with E-state index in [0.717, 1.165) is 35.7 Å². The minimum atomic E-state index is -0.243. The van der Waals surface area contributed by atoms with E-state index in [0.29, 0.717) is 0 Å². The van der Waals surface area contributed by atoms with Crippen LogP contribution in [0.25, 0.3) is 0 Å². The molecule has 3 heterocycles. The van der Waals surface area contributed by atoms with Crippen molar-refractivity contribution in [2.45, 2.75) is 51.7 Å². The number of benzene rings is 1. The van der Waals surface area contributed by atoms with Gasteiger partial charge in [-0.1, -0.05) is 6.07 Å². The minimum Gasteiger partial charge on any atom is -0.493 e. The van der Waals surface area contributed by atoms with Crippen LogP contribution < -0.4 is 9.47 Å². The molecule has 0 saturated carbocycles. The van der Waals surface area contributed by atoms with E-state index in [1.807, 2.05) is 24.4 Å². The Morgan fingerprint density at radius 2 is 1.92 bits per heavy atom. The lowest BCUT2D eigenvalue weighted by atomic mass is 9.82. The zero-order valence-electron chi connectivity index (χ0n) is 15.5. The fourth-order valence-corrected chi connectivity index (χ4v) is 3.91. The summed E-state index contributed by atoms with van der Waals surface area (Å²) < 4.78 is 11.9. The van der Waals surface area contributed by atoms with Gasteiger partial charge in [0.1, 0.15) is 5.60 Å². The molecular formula is C21H24N2O2. The zero-order chi connectivity index (χ0) is 17.8. The molecule has 2 aliphatic heterocycles. The molecule has 0 unspecified atom stereocenters. The van der Waals surface area contributed by atoms with Crippen molar-refractivity contribution in [2.24, 2.45) is 4.99 Å². The lowest BCUT2D eigenvalue weighted by Crippen LogP contribution is -2.31. The van der Waals surface area contributed by atoms with Crippen molar-refractivity contribution < 1.29 is 9.47 Å². The van der Waals surface area contributed by atoms with Crippen LogP contribution in [-0.2, 0) is 12.8 Å². The molecule has 25 heavy (non-hydrogen) atoms. The summed E-state index contributed by atoms with van der Waals surface area (Å²) in [6.45, 7) is 8.56. The van der Waals surface area contributed by atoms with Gasteiger partial charge in [-0.25, -0.2) is 0 Å². The first kappa shape index (κ1) is 16.1. The number of aromatic nitrogens is 1. The molecule has 0 aliphatic carbocycles. The highest BCUT2D eigenvalue weighted by molar-refractivity contribution is 6.15. The Kier molecular flexibility index (Phi) is 3.43. The van der Waals surface area contributed by atoms with Crippen LogP contribution in [0, 0.1) is 0 Å².